The van der Waals surface area contributed by atoms with Gasteiger partial charge in [0.25, 0.3) is 5.91 Å². The van der Waals surface area contributed by atoms with Crippen molar-refractivity contribution in [2.75, 3.05) is 6.61 Å². The van der Waals surface area contributed by atoms with Crippen molar-refractivity contribution < 1.29 is 9.53 Å². The van der Waals surface area contributed by atoms with Crippen LogP contribution >= 0.6 is 11.8 Å². The molecule has 178 valence electrons. The third-order valence-electron chi connectivity index (χ3n) is 6.13. The Bertz CT molecular complexity index is 1420. The number of ether oxygens (including phenoxy) is 1. The number of para-hydroxylation sites is 1. The lowest BCUT2D eigenvalue weighted by Gasteiger charge is -2.20. The normalized spacial score (nSPS) is 16.7. The van der Waals surface area contributed by atoms with Crippen LogP contribution in [0.5, 0.6) is 5.75 Å². The van der Waals surface area contributed by atoms with Gasteiger partial charge in [-0.25, -0.2) is 0 Å². The van der Waals surface area contributed by atoms with E-state index in [-0.39, 0.29) is 11.4 Å². The number of nitrogens with zero attached hydrogens (tertiary/aromatic N) is 4. The van der Waals surface area contributed by atoms with E-state index in [9.17, 15) is 4.79 Å². The molecule has 2 aliphatic rings. The number of hydrazone groups is 1. The Kier molecular flexibility index (Phi) is 6.30. The highest BCUT2D eigenvalue weighted by Crippen LogP contribution is 2.32. The minimum absolute atomic E-state index is 0.0672. The topological polar surface area (TPSA) is 83.0 Å². The molecule has 1 amide bonds. The molecule has 0 saturated carbocycles. The monoisotopic (exact) mass is 485 g/mol. The fourth-order valence-corrected chi connectivity index (χ4v) is 5.29. The summed E-state index contributed by atoms with van der Waals surface area (Å²) >= 11 is 1.37. The van der Waals surface area contributed by atoms with Gasteiger partial charge in [0, 0.05) is 22.2 Å². The van der Waals surface area contributed by atoms with Crippen LogP contribution in [0.25, 0.3) is 17.0 Å². The molecule has 0 unspecified atom stereocenters. The molecule has 0 radical (unpaired) electrons. The number of amidine groups is 2. The molecule has 7 nitrogen and oxygen atoms in total. The Morgan fingerprint density at radius 2 is 1.89 bits per heavy atom. The van der Waals surface area contributed by atoms with Gasteiger partial charge in [0.15, 0.2) is 5.84 Å². The average Bonchev–Trinajstić information content (AvgIpc) is 3.37. The molecule has 0 atom stereocenters. The summed E-state index contributed by atoms with van der Waals surface area (Å²) in [6.07, 6.45) is 3.54. The average molecular weight is 486 g/mol. The lowest BCUT2D eigenvalue weighted by Crippen LogP contribution is -2.35. The van der Waals surface area contributed by atoms with E-state index in [1.165, 1.54) is 22.3 Å². The molecule has 0 saturated heterocycles. The zero-order valence-corrected chi connectivity index (χ0v) is 20.9. The maximum atomic E-state index is 12.9. The highest BCUT2D eigenvalue weighted by molar-refractivity contribution is 8.26. The minimum Gasteiger partial charge on any atom is -0.492 e. The summed E-state index contributed by atoms with van der Waals surface area (Å²) in [7, 11) is 0. The van der Waals surface area contributed by atoms with Gasteiger partial charge in [-0.2, -0.15) is 15.1 Å². The first-order valence-corrected chi connectivity index (χ1v) is 12.5. The number of hydrogen-bond donors (Lipinski definition) is 1. The van der Waals surface area contributed by atoms with Crippen molar-refractivity contribution >= 4 is 50.7 Å². The van der Waals surface area contributed by atoms with Crippen LogP contribution in [0.15, 0.2) is 64.2 Å². The van der Waals surface area contributed by atoms with E-state index in [1.807, 2.05) is 49.4 Å². The molecule has 3 heterocycles. The third kappa shape index (κ3) is 4.41. The van der Waals surface area contributed by atoms with Gasteiger partial charge in [0.1, 0.15) is 17.4 Å². The van der Waals surface area contributed by atoms with Gasteiger partial charge in [-0.3, -0.25) is 10.2 Å². The van der Waals surface area contributed by atoms with Crippen molar-refractivity contribution in [2.45, 2.75) is 40.2 Å². The Hall–Kier alpha value is -3.65. The van der Waals surface area contributed by atoms with Crippen LogP contribution in [0.2, 0.25) is 0 Å². The Labute approximate surface area is 208 Å². The van der Waals surface area contributed by atoms with Crippen molar-refractivity contribution in [3.63, 3.8) is 0 Å². The standard InChI is InChI=1S/C27H27N5O2S/c1-4-7-24-30-32-25(28)22(26(33)29-27(32)35-24)16-21-18(3)31(23-9-6-5-8-20(21)23)14-15-34-19-12-10-17(2)11-13-19/h5-6,8-13,16,28H,4,7,14-15H2,1-3H3/b22-16+,28-25?. The van der Waals surface area contributed by atoms with Crippen molar-refractivity contribution in [3.05, 3.63) is 70.9 Å². The first-order chi connectivity index (χ1) is 17.0. The van der Waals surface area contributed by atoms with Crippen LogP contribution in [0.3, 0.4) is 0 Å². The van der Waals surface area contributed by atoms with Gasteiger partial charge in [0.05, 0.1) is 12.1 Å². The maximum absolute atomic E-state index is 12.9. The van der Waals surface area contributed by atoms with Gasteiger partial charge in [0.2, 0.25) is 5.17 Å². The van der Waals surface area contributed by atoms with Crippen molar-refractivity contribution in [2.24, 2.45) is 10.1 Å². The number of aryl methyl sites for hydroxylation is 1. The number of fused-ring (bicyclic) bond motifs is 2. The second kappa shape index (κ2) is 9.54. The third-order valence-corrected chi connectivity index (χ3v) is 7.10. The number of carbonyl (C=O) groups excluding carboxylic acids is 1. The molecule has 1 N–H and O–H groups in total. The fraction of sp³-hybridized carbons (Fsp3) is 0.259. The molecular formula is C27H27N5O2S. The summed E-state index contributed by atoms with van der Waals surface area (Å²) in [4.78, 5) is 17.1. The van der Waals surface area contributed by atoms with Gasteiger partial charge >= 0.3 is 0 Å². The van der Waals surface area contributed by atoms with Crippen molar-refractivity contribution in [1.82, 2.24) is 9.58 Å². The first-order valence-electron chi connectivity index (χ1n) is 11.7. The van der Waals surface area contributed by atoms with Crippen molar-refractivity contribution in [3.8, 4) is 5.75 Å². The summed E-state index contributed by atoms with van der Waals surface area (Å²) in [6.45, 7) is 7.34. The molecule has 2 aromatic carbocycles. The van der Waals surface area contributed by atoms with Crippen LogP contribution < -0.4 is 4.74 Å². The smallest absolute Gasteiger partial charge is 0.283 e. The lowest BCUT2D eigenvalue weighted by molar-refractivity contribution is -0.114. The molecule has 5 rings (SSSR count). The van der Waals surface area contributed by atoms with Crippen LogP contribution in [0.4, 0.5) is 0 Å². The molecule has 2 aliphatic heterocycles. The van der Waals surface area contributed by atoms with Crippen LogP contribution in [-0.4, -0.2) is 38.1 Å². The number of amides is 1. The molecule has 3 aromatic rings. The van der Waals surface area contributed by atoms with E-state index in [2.05, 4.69) is 34.6 Å². The van der Waals surface area contributed by atoms with Crippen molar-refractivity contribution in [1.29, 1.82) is 5.41 Å². The Morgan fingerprint density at radius 3 is 2.66 bits per heavy atom. The minimum atomic E-state index is -0.402. The first kappa shape index (κ1) is 23.1. The van der Waals surface area contributed by atoms with Crippen LogP contribution in [-0.2, 0) is 11.3 Å². The highest BCUT2D eigenvalue weighted by atomic mass is 32.2. The number of carbonyl (C=O) groups is 1. The SMILES string of the molecule is CCCC1=NN2C(=N)/C(=C\c3c(C)n(CCOc4ccc(C)cc4)c4ccccc34)C(=O)N=C2S1. The van der Waals surface area contributed by atoms with Gasteiger partial charge in [-0.1, -0.05) is 42.8 Å². The molecule has 35 heavy (non-hydrogen) atoms. The number of rotatable bonds is 7. The second-order valence-electron chi connectivity index (χ2n) is 8.59. The van der Waals surface area contributed by atoms with Gasteiger partial charge in [-0.05, 0) is 62.7 Å². The van der Waals surface area contributed by atoms with E-state index in [0.717, 1.165) is 45.8 Å². The number of aliphatic imine (C=N–C) groups is 1. The summed E-state index contributed by atoms with van der Waals surface area (Å²) in [5.74, 6) is 0.506. The number of benzene rings is 2. The van der Waals surface area contributed by atoms with E-state index < -0.39 is 5.91 Å². The Morgan fingerprint density at radius 1 is 1.11 bits per heavy atom. The molecule has 1 aromatic heterocycles. The van der Waals surface area contributed by atoms with E-state index in [1.54, 1.807) is 6.08 Å². The largest absolute Gasteiger partial charge is 0.492 e. The number of aromatic nitrogens is 1. The highest BCUT2D eigenvalue weighted by Gasteiger charge is 2.35. The molecule has 0 aliphatic carbocycles. The predicted molar refractivity (Wildman–Crippen MR) is 143 cm³/mol. The summed E-state index contributed by atoms with van der Waals surface area (Å²) < 4.78 is 8.17. The maximum Gasteiger partial charge on any atom is 0.283 e. The number of nitrogens with one attached hydrogen (secondary N) is 1. The van der Waals surface area contributed by atoms with Gasteiger partial charge < -0.3 is 9.30 Å². The number of hydrogen-bond acceptors (Lipinski definition) is 5. The van der Waals surface area contributed by atoms with Crippen LogP contribution in [0.1, 0.15) is 36.6 Å². The molecule has 0 bridgehead atoms. The molecule has 0 fully saturated rings. The summed E-state index contributed by atoms with van der Waals surface area (Å²) in [6, 6.07) is 16.1. The number of thioether (sulfide) groups is 1. The van der Waals surface area contributed by atoms with E-state index in [4.69, 9.17) is 10.1 Å². The summed E-state index contributed by atoms with van der Waals surface area (Å²) in [5, 5.41) is 17.1. The quantitative estimate of drug-likeness (QED) is 0.432. The lowest BCUT2D eigenvalue weighted by atomic mass is 10.1. The molecular weight excluding hydrogens is 458 g/mol. The van der Waals surface area contributed by atoms with E-state index >= 15 is 0 Å². The van der Waals surface area contributed by atoms with Gasteiger partial charge in [-0.15, -0.1) is 0 Å². The molecule has 8 heteroatoms. The van der Waals surface area contributed by atoms with E-state index in [0.29, 0.717) is 18.3 Å². The Balaban J connectivity index is 1.46. The zero-order valence-electron chi connectivity index (χ0n) is 20.0. The van der Waals surface area contributed by atoms with Crippen LogP contribution in [0, 0.1) is 19.3 Å². The second-order valence-corrected chi connectivity index (χ2v) is 9.63. The zero-order chi connectivity index (χ0) is 24.5. The summed E-state index contributed by atoms with van der Waals surface area (Å²) in [5.41, 5.74) is 4.42. The fourth-order valence-electron chi connectivity index (χ4n) is 4.31. The predicted octanol–water partition coefficient (Wildman–Crippen LogP) is 5.76. The molecule has 0 spiro atoms.